The van der Waals surface area contributed by atoms with Gasteiger partial charge < -0.3 is 4.74 Å². The van der Waals surface area contributed by atoms with Crippen molar-refractivity contribution in [2.45, 2.75) is 39.5 Å². The Morgan fingerprint density at radius 2 is 2.35 bits per heavy atom. The molecule has 96 valence electrons. The van der Waals surface area contributed by atoms with Gasteiger partial charge in [0.1, 0.15) is 5.78 Å². The Hall–Kier alpha value is -1.12. The first-order chi connectivity index (χ1) is 7.95. The van der Waals surface area contributed by atoms with Gasteiger partial charge >= 0.3 is 5.97 Å². The SMILES string of the molecule is C=CCC1(C)C(=O)CCC1C(C)CC(=O)OC. The second-order valence-electron chi connectivity index (χ2n) is 5.24. The molecule has 0 aromatic rings. The fourth-order valence-electron chi connectivity index (χ4n) is 3.06. The van der Waals surface area contributed by atoms with Crippen LogP contribution in [-0.4, -0.2) is 18.9 Å². The van der Waals surface area contributed by atoms with Gasteiger partial charge in [-0.2, -0.15) is 0 Å². The largest absolute Gasteiger partial charge is 0.469 e. The monoisotopic (exact) mass is 238 g/mol. The van der Waals surface area contributed by atoms with E-state index in [4.69, 9.17) is 4.74 Å². The molecule has 0 aromatic carbocycles. The van der Waals surface area contributed by atoms with E-state index in [-0.39, 0.29) is 23.2 Å². The number of ether oxygens (including phenoxy) is 1. The van der Waals surface area contributed by atoms with E-state index < -0.39 is 0 Å². The maximum Gasteiger partial charge on any atom is 0.305 e. The van der Waals surface area contributed by atoms with Gasteiger partial charge in [-0.3, -0.25) is 9.59 Å². The first kappa shape index (κ1) is 13.9. The standard InChI is InChI=1S/C14H22O3/c1-5-8-14(3)11(6-7-12(14)15)10(2)9-13(16)17-4/h5,10-11H,1,6-9H2,2-4H3. The van der Waals surface area contributed by atoms with Crippen LogP contribution < -0.4 is 0 Å². The van der Waals surface area contributed by atoms with Crippen LogP contribution >= 0.6 is 0 Å². The summed E-state index contributed by atoms with van der Waals surface area (Å²) in [5, 5.41) is 0. The molecule has 0 heterocycles. The zero-order valence-electron chi connectivity index (χ0n) is 11.0. The summed E-state index contributed by atoms with van der Waals surface area (Å²) in [6, 6.07) is 0. The van der Waals surface area contributed by atoms with E-state index in [9.17, 15) is 9.59 Å². The summed E-state index contributed by atoms with van der Waals surface area (Å²) in [5.41, 5.74) is -0.338. The van der Waals surface area contributed by atoms with Crippen LogP contribution in [-0.2, 0) is 14.3 Å². The number of carbonyl (C=O) groups excluding carboxylic acids is 2. The molecule has 0 bridgehead atoms. The maximum atomic E-state index is 12.0. The van der Waals surface area contributed by atoms with Crippen molar-refractivity contribution in [1.82, 2.24) is 0 Å². The van der Waals surface area contributed by atoms with E-state index in [2.05, 4.69) is 6.58 Å². The lowest BCUT2D eigenvalue weighted by atomic mass is 9.70. The number of ketones is 1. The van der Waals surface area contributed by atoms with Crippen LogP contribution in [0, 0.1) is 17.3 Å². The lowest BCUT2D eigenvalue weighted by molar-refractivity contribution is -0.142. The molecule has 0 aromatic heterocycles. The molecule has 3 heteroatoms. The Balaban J connectivity index is 2.78. The van der Waals surface area contributed by atoms with Gasteiger partial charge in [0.25, 0.3) is 0 Å². The molecule has 3 unspecified atom stereocenters. The third-order valence-corrected chi connectivity index (χ3v) is 4.11. The van der Waals surface area contributed by atoms with Crippen LogP contribution in [0.3, 0.4) is 0 Å². The summed E-state index contributed by atoms with van der Waals surface area (Å²) < 4.78 is 4.69. The van der Waals surface area contributed by atoms with Gasteiger partial charge in [0, 0.05) is 18.3 Å². The summed E-state index contributed by atoms with van der Waals surface area (Å²) in [6.07, 6.45) is 4.39. The van der Waals surface area contributed by atoms with Crippen molar-refractivity contribution < 1.29 is 14.3 Å². The summed E-state index contributed by atoms with van der Waals surface area (Å²) in [7, 11) is 1.40. The normalized spacial score (nSPS) is 30.1. The first-order valence-electron chi connectivity index (χ1n) is 6.16. The highest BCUT2D eigenvalue weighted by molar-refractivity contribution is 5.87. The molecule has 1 saturated carbocycles. The second-order valence-corrected chi connectivity index (χ2v) is 5.24. The molecule has 0 spiro atoms. The molecule has 17 heavy (non-hydrogen) atoms. The van der Waals surface area contributed by atoms with E-state index in [1.807, 2.05) is 13.8 Å². The highest BCUT2D eigenvalue weighted by atomic mass is 16.5. The van der Waals surface area contributed by atoms with Gasteiger partial charge in [-0.05, 0) is 24.7 Å². The van der Waals surface area contributed by atoms with Crippen molar-refractivity contribution >= 4 is 11.8 Å². The van der Waals surface area contributed by atoms with Gasteiger partial charge in [-0.15, -0.1) is 6.58 Å². The Kier molecular flexibility index (Phi) is 4.49. The highest BCUT2D eigenvalue weighted by Crippen LogP contribution is 2.47. The predicted molar refractivity (Wildman–Crippen MR) is 66.4 cm³/mol. The number of esters is 1. The van der Waals surface area contributed by atoms with E-state index >= 15 is 0 Å². The minimum atomic E-state index is -0.338. The average molecular weight is 238 g/mol. The summed E-state index contributed by atoms with van der Waals surface area (Å²) in [6.45, 7) is 7.76. The summed E-state index contributed by atoms with van der Waals surface area (Å²) in [5.74, 6) is 0.544. The number of Topliss-reactive ketones (excluding diaryl/α,β-unsaturated/α-hetero) is 1. The average Bonchev–Trinajstić information content (AvgIpc) is 2.56. The minimum Gasteiger partial charge on any atom is -0.469 e. The van der Waals surface area contributed by atoms with Crippen LogP contribution in [0.15, 0.2) is 12.7 Å². The Morgan fingerprint density at radius 1 is 1.71 bits per heavy atom. The quantitative estimate of drug-likeness (QED) is 0.546. The Labute approximate surface area is 103 Å². The molecule has 0 saturated heterocycles. The van der Waals surface area contributed by atoms with Crippen LogP contribution in [0.1, 0.15) is 39.5 Å². The van der Waals surface area contributed by atoms with E-state index in [1.54, 1.807) is 6.08 Å². The third kappa shape index (κ3) is 2.76. The number of hydrogen-bond donors (Lipinski definition) is 0. The van der Waals surface area contributed by atoms with Gasteiger partial charge in [-0.1, -0.05) is 19.9 Å². The number of methoxy groups -OCH3 is 1. The molecule has 1 fully saturated rings. The van der Waals surface area contributed by atoms with E-state index in [0.29, 0.717) is 25.0 Å². The number of allylic oxidation sites excluding steroid dienone is 1. The van der Waals surface area contributed by atoms with Gasteiger partial charge in [0.2, 0.25) is 0 Å². The molecular weight excluding hydrogens is 216 g/mol. The second kappa shape index (κ2) is 5.48. The molecule has 0 amide bonds. The van der Waals surface area contributed by atoms with Crippen LogP contribution in [0.4, 0.5) is 0 Å². The fourth-order valence-corrected chi connectivity index (χ4v) is 3.06. The van der Waals surface area contributed by atoms with E-state index in [1.165, 1.54) is 7.11 Å². The zero-order chi connectivity index (χ0) is 13.1. The molecule has 3 atom stereocenters. The van der Waals surface area contributed by atoms with Crippen molar-refractivity contribution in [3.05, 3.63) is 12.7 Å². The van der Waals surface area contributed by atoms with Crippen LogP contribution in [0.2, 0.25) is 0 Å². The number of carbonyl (C=O) groups is 2. The molecule has 0 aliphatic heterocycles. The van der Waals surface area contributed by atoms with Crippen molar-refractivity contribution in [3.8, 4) is 0 Å². The molecular formula is C14H22O3. The van der Waals surface area contributed by atoms with Crippen molar-refractivity contribution in [2.75, 3.05) is 7.11 Å². The van der Waals surface area contributed by atoms with Crippen LogP contribution in [0.5, 0.6) is 0 Å². The Morgan fingerprint density at radius 3 is 2.88 bits per heavy atom. The number of rotatable bonds is 5. The van der Waals surface area contributed by atoms with Gasteiger partial charge in [-0.25, -0.2) is 0 Å². The van der Waals surface area contributed by atoms with E-state index in [0.717, 1.165) is 6.42 Å². The summed E-state index contributed by atoms with van der Waals surface area (Å²) >= 11 is 0. The first-order valence-corrected chi connectivity index (χ1v) is 6.16. The molecule has 1 aliphatic carbocycles. The van der Waals surface area contributed by atoms with Gasteiger partial charge in [0.15, 0.2) is 0 Å². The molecule has 0 radical (unpaired) electrons. The molecule has 3 nitrogen and oxygen atoms in total. The molecule has 1 rings (SSSR count). The Bertz CT molecular complexity index is 321. The van der Waals surface area contributed by atoms with Crippen molar-refractivity contribution in [3.63, 3.8) is 0 Å². The smallest absolute Gasteiger partial charge is 0.305 e. The summed E-state index contributed by atoms with van der Waals surface area (Å²) in [4.78, 5) is 23.3. The predicted octanol–water partition coefficient (Wildman–Crippen LogP) is 2.75. The zero-order valence-corrected chi connectivity index (χ0v) is 11.0. The minimum absolute atomic E-state index is 0.179. The highest BCUT2D eigenvalue weighted by Gasteiger charge is 2.47. The number of hydrogen-bond acceptors (Lipinski definition) is 3. The van der Waals surface area contributed by atoms with Crippen molar-refractivity contribution in [2.24, 2.45) is 17.3 Å². The maximum absolute atomic E-state index is 12.0. The molecule has 1 aliphatic rings. The van der Waals surface area contributed by atoms with Gasteiger partial charge in [0.05, 0.1) is 7.11 Å². The van der Waals surface area contributed by atoms with Crippen molar-refractivity contribution in [1.29, 1.82) is 0 Å². The topological polar surface area (TPSA) is 43.4 Å². The third-order valence-electron chi connectivity index (χ3n) is 4.11. The fraction of sp³-hybridized carbons (Fsp3) is 0.714. The molecule has 0 N–H and O–H groups in total. The lowest BCUT2D eigenvalue weighted by Crippen LogP contribution is -2.33. The lowest BCUT2D eigenvalue weighted by Gasteiger charge is -2.33. The van der Waals surface area contributed by atoms with Crippen LogP contribution in [0.25, 0.3) is 0 Å².